The van der Waals surface area contributed by atoms with Gasteiger partial charge in [-0.25, -0.2) is 0 Å². The third-order valence-electron chi connectivity index (χ3n) is 5.39. The van der Waals surface area contributed by atoms with E-state index in [1.54, 1.807) is 0 Å². The minimum Gasteiger partial charge on any atom is -0.355 e. The molecule has 1 aliphatic rings. The van der Waals surface area contributed by atoms with Gasteiger partial charge < -0.3 is 5.32 Å². The van der Waals surface area contributed by atoms with Crippen molar-refractivity contribution in [2.75, 3.05) is 19.6 Å². The molecule has 3 heteroatoms. The van der Waals surface area contributed by atoms with Gasteiger partial charge in [-0.3, -0.25) is 9.69 Å². The lowest BCUT2D eigenvalue weighted by Gasteiger charge is -2.33. The molecule has 1 heterocycles. The lowest BCUT2D eigenvalue weighted by Crippen LogP contribution is -2.45. The van der Waals surface area contributed by atoms with Crippen LogP contribution in [0.4, 0.5) is 0 Å². The first-order valence-corrected chi connectivity index (χ1v) is 9.64. The smallest absolute Gasteiger partial charge is 0.224 e. The maximum Gasteiger partial charge on any atom is 0.224 e. The summed E-state index contributed by atoms with van der Waals surface area (Å²) in [5.41, 5.74) is 2.52. The quantitative estimate of drug-likeness (QED) is 0.854. The predicted octanol–water partition coefficient (Wildman–Crippen LogP) is 3.99. The van der Waals surface area contributed by atoms with Gasteiger partial charge >= 0.3 is 0 Å². The highest BCUT2D eigenvalue weighted by atomic mass is 16.1. The number of rotatable bonds is 6. The molecule has 1 N–H and O–H groups in total. The van der Waals surface area contributed by atoms with E-state index in [1.165, 1.54) is 11.1 Å². The Morgan fingerprint density at radius 2 is 1.73 bits per heavy atom. The molecule has 1 unspecified atom stereocenters. The van der Waals surface area contributed by atoms with Crippen LogP contribution in [0, 0.1) is 5.92 Å². The van der Waals surface area contributed by atoms with Crippen molar-refractivity contribution in [2.24, 2.45) is 5.92 Å². The molecule has 0 spiro atoms. The molecule has 0 saturated carbocycles. The van der Waals surface area contributed by atoms with Gasteiger partial charge in [-0.15, -0.1) is 0 Å². The minimum absolute atomic E-state index is 0.0602. The third-order valence-corrected chi connectivity index (χ3v) is 5.39. The van der Waals surface area contributed by atoms with Crippen LogP contribution < -0.4 is 5.32 Å². The molecule has 1 atom stereocenters. The lowest BCUT2D eigenvalue weighted by molar-refractivity contribution is -0.127. The van der Waals surface area contributed by atoms with E-state index in [4.69, 9.17) is 0 Å². The van der Waals surface area contributed by atoms with Crippen molar-refractivity contribution >= 4 is 5.91 Å². The third kappa shape index (κ3) is 4.95. The Bertz CT molecular complexity index is 697. The molecule has 1 fully saturated rings. The number of hydrogen-bond donors (Lipinski definition) is 1. The Morgan fingerprint density at radius 1 is 1.08 bits per heavy atom. The van der Waals surface area contributed by atoms with E-state index >= 15 is 0 Å². The van der Waals surface area contributed by atoms with E-state index in [2.05, 4.69) is 72.6 Å². The topological polar surface area (TPSA) is 32.3 Å². The molecule has 2 aromatic carbocycles. The molecule has 0 bridgehead atoms. The molecule has 0 aliphatic carbocycles. The van der Waals surface area contributed by atoms with Gasteiger partial charge in [0.25, 0.3) is 0 Å². The van der Waals surface area contributed by atoms with Crippen LogP contribution in [0.1, 0.15) is 37.8 Å². The number of likely N-dealkylation sites (tertiary alicyclic amines) is 1. The number of nitrogens with zero attached hydrogens (tertiary/aromatic N) is 1. The molecule has 26 heavy (non-hydrogen) atoms. The number of nitrogens with one attached hydrogen (secondary N) is 1. The highest BCUT2D eigenvalue weighted by Crippen LogP contribution is 2.23. The maximum absolute atomic E-state index is 12.7. The van der Waals surface area contributed by atoms with Crippen LogP contribution in [-0.2, 0) is 16.8 Å². The normalized spacial score (nSPS) is 18.5. The zero-order valence-corrected chi connectivity index (χ0v) is 15.9. The average molecular weight is 351 g/mol. The summed E-state index contributed by atoms with van der Waals surface area (Å²) in [6, 6.07) is 20.9. The first-order chi connectivity index (χ1) is 12.5. The Kier molecular flexibility index (Phi) is 6.10. The van der Waals surface area contributed by atoms with Gasteiger partial charge in [0.2, 0.25) is 5.91 Å². The zero-order valence-electron chi connectivity index (χ0n) is 15.9. The summed E-state index contributed by atoms with van der Waals surface area (Å²) in [6.45, 7) is 7.90. The first kappa shape index (κ1) is 18.7. The molecule has 0 radical (unpaired) electrons. The van der Waals surface area contributed by atoms with Crippen LogP contribution >= 0.6 is 0 Å². The van der Waals surface area contributed by atoms with Crippen molar-refractivity contribution in [1.29, 1.82) is 0 Å². The maximum atomic E-state index is 12.7. The monoisotopic (exact) mass is 350 g/mol. The summed E-state index contributed by atoms with van der Waals surface area (Å²) in [6.07, 6.45) is 2.08. The number of amides is 1. The fraction of sp³-hybridized carbons (Fsp3) is 0.435. The van der Waals surface area contributed by atoms with Crippen LogP contribution in [0.15, 0.2) is 60.7 Å². The van der Waals surface area contributed by atoms with Crippen molar-refractivity contribution < 1.29 is 4.79 Å². The van der Waals surface area contributed by atoms with Gasteiger partial charge in [0.1, 0.15) is 0 Å². The molecular weight excluding hydrogens is 320 g/mol. The van der Waals surface area contributed by atoms with Crippen molar-refractivity contribution in [3.63, 3.8) is 0 Å². The average Bonchev–Trinajstić information content (AvgIpc) is 2.68. The molecular formula is C23H30N2O. The van der Waals surface area contributed by atoms with E-state index in [0.717, 1.165) is 32.5 Å². The van der Waals surface area contributed by atoms with Crippen LogP contribution in [0.25, 0.3) is 0 Å². The summed E-state index contributed by atoms with van der Waals surface area (Å²) >= 11 is 0. The lowest BCUT2D eigenvalue weighted by atomic mass is 9.84. The minimum atomic E-state index is -0.0602. The van der Waals surface area contributed by atoms with Crippen LogP contribution in [0.5, 0.6) is 0 Å². The molecule has 3 rings (SSSR count). The Labute approximate surface area is 157 Å². The molecule has 1 amide bonds. The molecule has 138 valence electrons. The van der Waals surface area contributed by atoms with Gasteiger partial charge in [-0.1, -0.05) is 74.5 Å². The van der Waals surface area contributed by atoms with Gasteiger partial charge in [0.15, 0.2) is 0 Å². The van der Waals surface area contributed by atoms with E-state index in [1.807, 2.05) is 12.1 Å². The fourth-order valence-electron chi connectivity index (χ4n) is 3.70. The fourth-order valence-corrected chi connectivity index (χ4v) is 3.70. The van der Waals surface area contributed by atoms with Crippen LogP contribution in [-0.4, -0.2) is 30.4 Å². The Morgan fingerprint density at radius 3 is 2.42 bits per heavy atom. The van der Waals surface area contributed by atoms with E-state index in [0.29, 0.717) is 6.54 Å². The van der Waals surface area contributed by atoms with Crippen LogP contribution in [0.2, 0.25) is 0 Å². The van der Waals surface area contributed by atoms with E-state index in [9.17, 15) is 4.79 Å². The van der Waals surface area contributed by atoms with Crippen molar-refractivity contribution in [3.8, 4) is 0 Å². The van der Waals surface area contributed by atoms with Gasteiger partial charge in [0, 0.05) is 25.0 Å². The van der Waals surface area contributed by atoms with Gasteiger partial charge in [-0.05, 0) is 30.5 Å². The first-order valence-electron chi connectivity index (χ1n) is 9.64. The van der Waals surface area contributed by atoms with Gasteiger partial charge in [0.05, 0.1) is 5.92 Å². The highest BCUT2D eigenvalue weighted by Gasteiger charge is 2.28. The Hall–Kier alpha value is -2.13. The standard InChI is InChI=1S/C23H30N2O/c1-23(2,21-13-7-4-8-14-21)18-24-22(26)20-12-9-15-25(17-20)16-19-10-5-3-6-11-19/h3-8,10-11,13-14,20H,9,12,15-18H2,1-2H3,(H,24,26). The number of hydrogen-bond acceptors (Lipinski definition) is 2. The number of piperidine rings is 1. The van der Waals surface area contributed by atoms with Crippen molar-refractivity contribution in [1.82, 2.24) is 10.2 Å². The summed E-state index contributed by atoms with van der Waals surface area (Å²) in [7, 11) is 0. The summed E-state index contributed by atoms with van der Waals surface area (Å²) in [4.78, 5) is 15.1. The number of carbonyl (C=O) groups excluding carboxylic acids is 1. The molecule has 2 aromatic rings. The number of carbonyl (C=O) groups is 1. The number of benzene rings is 2. The zero-order chi connectivity index (χ0) is 18.4. The largest absolute Gasteiger partial charge is 0.355 e. The second-order valence-electron chi connectivity index (χ2n) is 8.03. The van der Waals surface area contributed by atoms with Crippen molar-refractivity contribution in [3.05, 3.63) is 71.8 Å². The second kappa shape index (κ2) is 8.50. The molecule has 0 aromatic heterocycles. The summed E-state index contributed by atoms with van der Waals surface area (Å²) < 4.78 is 0. The summed E-state index contributed by atoms with van der Waals surface area (Å²) in [5.74, 6) is 0.297. The highest BCUT2D eigenvalue weighted by molar-refractivity contribution is 5.79. The molecule has 1 aliphatic heterocycles. The molecule has 1 saturated heterocycles. The van der Waals surface area contributed by atoms with E-state index in [-0.39, 0.29) is 17.2 Å². The molecule has 3 nitrogen and oxygen atoms in total. The van der Waals surface area contributed by atoms with Gasteiger partial charge in [-0.2, -0.15) is 0 Å². The predicted molar refractivity (Wildman–Crippen MR) is 107 cm³/mol. The summed E-state index contributed by atoms with van der Waals surface area (Å²) in [5, 5.41) is 3.21. The SMILES string of the molecule is CC(C)(CNC(=O)C1CCCN(Cc2ccccc2)C1)c1ccccc1. The Balaban J connectivity index is 1.53. The van der Waals surface area contributed by atoms with Crippen LogP contribution in [0.3, 0.4) is 0 Å². The van der Waals surface area contributed by atoms with Crippen molar-refractivity contribution in [2.45, 2.75) is 38.6 Å². The van der Waals surface area contributed by atoms with E-state index < -0.39 is 0 Å². The second-order valence-corrected chi connectivity index (χ2v) is 8.03.